The van der Waals surface area contributed by atoms with Gasteiger partial charge in [0.05, 0.1) is 5.75 Å². The molecule has 1 aromatic heterocycles. The molecule has 1 aliphatic heterocycles. The van der Waals surface area contributed by atoms with Crippen LogP contribution in [0, 0.1) is 0 Å². The van der Waals surface area contributed by atoms with Crippen molar-refractivity contribution in [2.24, 2.45) is 0 Å². The van der Waals surface area contributed by atoms with Gasteiger partial charge >= 0.3 is 0 Å². The van der Waals surface area contributed by atoms with E-state index in [-0.39, 0.29) is 5.91 Å². The summed E-state index contributed by atoms with van der Waals surface area (Å²) in [5, 5.41) is 2.96. The number of benzene rings is 1. The lowest BCUT2D eigenvalue weighted by Crippen LogP contribution is -2.36. The number of carbonyl (C=O) groups excluding carboxylic acids is 1. The van der Waals surface area contributed by atoms with Gasteiger partial charge in [0.2, 0.25) is 5.91 Å². The quantitative estimate of drug-likeness (QED) is 0.789. The molecular weight excluding hydrogens is 330 g/mol. The lowest BCUT2D eigenvalue weighted by molar-refractivity contribution is -0.113. The largest absolute Gasteiger partial charge is 0.325 e. The number of piperidine rings is 1. The monoisotopic (exact) mass is 355 g/mol. The maximum absolute atomic E-state index is 12.1. The van der Waals surface area contributed by atoms with Gasteiger partial charge in [0, 0.05) is 35.6 Å². The fourth-order valence-electron chi connectivity index (χ4n) is 3.10. The molecule has 0 bridgehead atoms. The highest BCUT2D eigenvalue weighted by Crippen LogP contribution is 2.20. The van der Waals surface area contributed by atoms with Crippen molar-refractivity contribution in [3.63, 3.8) is 0 Å². The van der Waals surface area contributed by atoms with Gasteiger partial charge in [0.25, 0.3) is 0 Å². The number of carbonyl (C=O) groups is 1. The molecule has 2 aromatic rings. The number of likely N-dealkylation sites (tertiary alicyclic amines) is 1. The minimum absolute atomic E-state index is 0.0132. The van der Waals surface area contributed by atoms with Crippen LogP contribution < -0.4 is 5.32 Å². The molecular formula is C20H25N3OS. The van der Waals surface area contributed by atoms with Gasteiger partial charge in [-0.15, -0.1) is 11.8 Å². The van der Waals surface area contributed by atoms with E-state index in [1.54, 1.807) is 12.4 Å². The Labute approximate surface area is 154 Å². The number of amides is 1. The minimum Gasteiger partial charge on any atom is -0.325 e. The molecule has 1 unspecified atom stereocenters. The van der Waals surface area contributed by atoms with Crippen molar-refractivity contribution in [2.75, 3.05) is 17.6 Å². The smallest absolute Gasteiger partial charge is 0.234 e. The zero-order valence-corrected chi connectivity index (χ0v) is 15.5. The number of nitrogens with zero attached hydrogens (tertiary/aromatic N) is 2. The molecule has 25 heavy (non-hydrogen) atoms. The van der Waals surface area contributed by atoms with E-state index in [0.29, 0.717) is 11.8 Å². The summed E-state index contributed by atoms with van der Waals surface area (Å²) >= 11 is 1.52. The summed E-state index contributed by atoms with van der Waals surface area (Å²) in [5.41, 5.74) is 2.16. The Bertz CT molecular complexity index is 675. The molecule has 0 aliphatic carbocycles. The highest BCUT2D eigenvalue weighted by molar-refractivity contribution is 8.00. The van der Waals surface area contributed by atoms with Crippen LogP contribution in [0.2, 0.25) is 0 Å². The van der Waals surface area contributed by atoms with Crippen LogP contribution in [0.1, 0.15) is 31.7 Å². The first-order valence-electron chi connectivity index (χ1n) is 8.86. The van der Waals surface area contributed by atoms with Crippen LogP contribution >= 0.6 is 11.8 Å². The number of aromatic nitrogens is 1. The number of nitrogens with one attached hydrogen (secondary N) is 1. The summed E-state index contributed by atoms with van der Waals surface area (Å²) in [4.78, 5) is 19.6. The summed E-state index contributed by atoms with van der Waals surface area (Å²) in [5.74, 6) is 0.413. The van der Waals surface area contributed by atoms with Crippen molar-refractivity contribution in [1.29, 1.82) is 0 Å². The van der Waals surface area contributed by atoms with Crippen LogP contribution in [0.3, 0.4) is 0 Å². The maximum atomic E-state index is 12.1. The van der Waals surface area contributed by atoms with Crippen LogP contribution in [-0.4, -0.2) is 34.1 Å². The van der Waals surface area contributed by atoms with Crippen LogP contribution in [0.5, 0.6) is 0 Å². The number of pyridine rings is 1. The van der Waals surface area contributed by atoms with Crippen molar-refractivity contribution in [2.45, 2.75) is 43.7 Å². The Morgan fingerprint density at radius 3 is 2.68 bits per heavy atom. The van der Waals surface area contributed by atoms with Gasteiger partial charge in [-0.2, -0.15) is 0 Å². The Morgan fingerprint density at radius 2 is 1.96 bits per heavy atom. The Balaban J connectivity index is 1.47. The zero-order chi connectivity index (χ0) is 17.5. The molecule has 3 rings (SSSR count). The molecule has 1 aliphatic rings. The highest BCUT2D eigenvalue weighted by atomic mass is 32.2. The lowest BCUT2D eigenvalue weighted by Gasteiger charge is -2.33. The molecule has 1 fully saturated rings. The van der Waals surface area contributed by atoms with E-state index in [1.165, 1.54) is 43.1 Å². The van der Waals surface area contributed by atoms with E-state index in [4.69, 9.17) is 0 Å². The average molecular weight is 356 g/mol. The molecule has 2 heterocycles. The molecule has 0 saturated carbocycles. The number of thioether (sulfide) groups is 1. The standard InChI is InChI=1S/C20H25N3OS/c1-16-4-2-3-13-23(16)14-17-5-7-18(8-6-17)22-20(24)15-25-19-9-11-21-12-10-19/h5-12,16H,2-4,13-15H2,1H3,(H,22,24). The van der Waals surface area contributed by atoms with Crippen LogP contribution in [-0.2, 0) is 11.3 Å². The van der Waals surface area contributed by atoms with Gasteiger partial charge in [-0.1, -0.05) is 18.6 Å². The molecule has 1 aromatic carbocycles. The Morgan fingerprint density at radius 1 is 1.20 bits per heavy atom. The van der Waals surface area contributed by atoms with Gasteiger partial charge < -0.3 is 5.32 Å². The van der Waals surface area contributed by atoms with E-state index in [9.17, 15) is 4.79 Å². The molecule has 1 N–H and O–H groups in total. The van der Waals surface area contributed by atoms with E-state index in [0.717, 1.165) is 17.1 Å². The van der Waals surface area contributed by atoms with Gasteiger partial charge in [-0.3, -0.25) is 14.7 Å². The third-order valence-corrected chi connectivity index (χ3v) is 5.60. The number of hydrogen-bond acceptors (Lipinski definition) is 4. The summed E-state index contributed by atoms with van der Waals surface area (Å²) in [6, 6.07) is 12.7. The summed E-state index contributed by atoms with van der Waals surface area (Å²) < 4.78 is 0. The number of anilines is 1. The average Bonchev–Trinajstić information content (AvgIpc) is 2.64. The van der Waals surface area contributed by atoms with Gasteiger partial charge in [-0.25, -0.2) is 0 Å². The molecule has 0 spiro atoms. The predicted octanol–water partition coefficient (Wildman–Crippen LogP) is 4.19. The minimum atomic E-state index is 0.0132. The van der Waals surface area contributed by atoms with Gasteiger partial charge in [-0.05, 0) is 56.1 Å². The third-order valence-electron chi connectivity index (χ3n) is 4.58. The zero-order valence-electron chi connectivity index (χ0n) is 14.6. The predicted molar refractivity (Wildman–Crippen MR) is 104 cm³/mol. The second kappa shape index (κ2) is 9.02. The van der Waals surface area contributed by atoms with Gasteiger partial charge in [0.15, 0.2) is 0 Å². The first kappa shape index (κ1) is 18.0. The van der Waals surface area contributed by atoms with Crippen LogP contribution in [0.25, 0.3) is 0 Å². The summed E-state index contributed by atoms with van der Waals surface area (Å²) in [7, 11) is 0. The first-order valence-corrected chi connectivity index (χ1v) is 9.85. The van der Waals surface area contributed by atoms with E-state index >= 15 is 0 Å². The SMILES string of the molecule is CC1CCCCN1Cc1ccc(NC(=O)CSc2ccncc2)cc1. The van der Waals surface area contributed by atoms with Crippen molar-refractivity contribution < 1.29 is 4.79 Å². The fraction of sp³-hybridized carbons (Fsp3) is 0.400. The van der Waals surface area contributed by atoms with Crippen molar-refractivity contribution in [1.82, 2.24) is 9.88 Å². The maximum Gasteiger partial charge on any atom is 0.234 e. The van der Waals surface area contributed by atoms with Crippen LogP contribution in [0.4, 0.5) is 5.69 Å². The van der Waals surface area contributed by atoms with Crippen molar-refractivity contribution in [3.05, 3.63) is 54.4 Å². The molecule has 1 amide bonds. The molecule has 4 nitrogen and oxygen atoms in total. The molecule has 5 heteroatoms. The van der Waals surface area contributed by atoms with E-state index in [2.05, 4.69) is 34.3 Å². The Hall–Kier alpha value is -1.85. The fourth-order valence-corrected chi connectivity index (χ4v) is 3.79. The Kier molecular flexibility index (Phi) is 6.48. The van der Waals surface area contributed by atoms with Crippen molar-refractivity contribution >= 4 is 23.4 Å². The number of hydrogen-bond donors (Lipinski definition) is 1. The first-order chi connectivity index (χ1) is 12.2. The van der Waals surface area contributed by atoms with E-state index in [1.807, 2.05) is 24.3 Å². The third kappa shape index (κ3) is 5.58. The normalized spacial score (nSPS) is 18.0. The van der Waals surface area contributed by atoms with E-state index < -0.39 is 0 Å². The van der Waals surface area contributed by atoms with Crippen molar-refractivity contribution in [3.8, 4) is 0 Å². The molecule has 0 radical (unpaired) electrons. The summed E-state index contributed by atoms with van der Waals surface area (Å²) in [6.45, 7) is 4.49. The molecule has 132 valence electrons. The topological polar surface area (TPSA) is 45.2 Å². The van der Waals surface area contributed by atoms with Gasteiger partial charge in [0.1, 0.15) is 0 Å². The van der Waals surface area contributed by atoms with Crippen LogP contribution in [0.15, 0.2) is 53.7 Å². The lowest BCUT2D eigenvalue weighted by atomic mass is 10.0. The second-order valence-electron chi connectivity index (χ2n) is 6.53. The molecule has 1 saturated heterocycles. The highest BCUT2D eigenvalue weighted by Gasteiger charge is 2.17. The summed E-state index contributed by atoms with van der Waals surface area (Å²) in [6.07, 6.45) is 7.42. The number of rotatable bonds is 6. The second-order valence-corrected chi connectivity index (χ2v) is 7.58. The molecule has 1 atom stereocenters.